The average Bonchev–Trinajstić information content (AvgIpc) is 3.23. The summed E-state index contributed by atoms with van der Waals surface area (Å²) < 4.78 is 47.2. The van der Waals surface area contributed by atoms with Gasteiger partial charge in [-0.15, -0.1) is 11.8 Å². The average molecular weight is 531 g/mol. The van der Waals surface area contributed by atoms with Crippen LogP contribution in [0.2, 0.25) is 0 Å². The van der Waals surface area contributed by atoms with E-state index in [9.17, 15) is 13.2 Å². The lowest BCUT2D eigenvalue weighted by Crippen LogP contribution is -2.34. The minimum atomic E-state index is -4.36. The van der Waals surface area contributed by atoms with Crippen LogP contribution in [0, 0.1) is 11.8 Å². The number of anilines is 2. The lowest BCUT2D eigenvalue weighted by molar-refractivity contribution is -0.140. The molecule has 9 heteroatoms. The second-order valence-electron chi connectivity index (χ2n) is 9.17. The Morgan fingerprint density at radius 1 is 1.05 bits per heavy atom. The molecule has 37 heavy (non-hydrogen) atoms. The summed E-state index contributed by atoms with van der Waals surface area (Å²) >= 11 is 1.62. The lowest BCUT2D eigenvalue weighted by Gasteiger charge is -2.29. The summed E-state index contributed by atoms with van der Waals surface area (Å²) in [5.74, 6) is 6.66. The van der Waals surface area contributed by atoms with Crippen molar-refractivity contribution < 1.29 is 17.9 Å². The maximum atomic E-state index is 13.5. The molecule has 0 amide bonds. The van der Waals surface area contributed by atoms with E-state index in [0.29, 0.717) is 29.0 Å². The first-order valence-electron chi connectivity index (χ1n) is 12.4. The van der Waals surface area contributed by atoms with E-state index in [0.717, 1.165) is 47.3 Å². The molecule has 0 unspecified atom stereocenters. The SMILES string of the molecule is CNC1CCC(Nc2cccc3c2cc(C#CCNc2ccc(SC)cc2OC)n3CC(F)(F)F)CC1. The van der Waals surface area contributed by atoms with Crippen molar-refractivity contribution >= 4 is 34.0 Å². The van der Waals surface area contributed by atoms with Crippen molar-refractivity contribution in [2.75, 3.05) is 37.6 Å². The molecule has 1 heterocycles. The third-order valence-electron chi connectivity index (χ3n) is 6.77. The highest BCUT2D eigenvalue weighted by atomic mass is 32.2. The maximum Gasteiger partial charge on any atom is 0.406 e. The van der Waals surface area contributed by atoms with Crippen LogP contribution in [-0.2, 0) is 6.54 Å². The van der Waals surface area contributed by atoms with Gasteiger partial charge in [0.15, 0.2) is 0 Å². The largest absolute Gasteiger partial charge is 0.495 e. The molecule has 0 radical (unpaired) electrons. The predicted octanol–water partition coefficient (Wildman–Crippen LogP) is 6.34. The number of rotatable bonds is 8. The van der Waals surface area contributed by atoms with Gasteiger partial charge in [-0.3, -0.25) is 0 Å². The molecule has 1 aliphatic rings. The number of nitrogens with one attached hydrogen (secondary N) is 3. The third kappa shape index (κ3) is 6.88. The van der Waals surface area contributed by atoms with Crippen LogP contribution in [-0.4, -0.2) is 49.8 Å². The highest BCUT2D eigenvalue weighted by Crippen LogP contribution is 2.32. The first-order valence-corrected chi connectivity index (χ1v) is 13.6. The van der Waals surface area contributed by atoms with E-state index in [1.807, 2.05) is 37.6 Å². The van der Waals surface area contributed by atoms with E-state index in [1.165, 1.54) is 4.57 Å². The zero-order chi connectivity index (χ0) is 26.4. The molecular weight excluding hydrogens is 497 g/mol. The number of fused-ring (bicyclic) bond motifs is 1. The van der Waals surface area contributed by atoms with E-state index < -0.39 is 12.7 Å². The fourth-order valence-corrected chi connectivity index (χ4v) is 5.26. The molecule has 1 saturated carbocycles. The van der Waals surface area contributed by atoms with Crippen molar-refractivity contribution in [1.82, 2.24) is 9.88 Å². The Kier molecular flexibility index (Phi) is 8.83. The highest BCUT2D eigenvalue weighted by Gasteiger charge is 2.30. The molecular formula is C28H33F3N4OS. The van der Waals surface area contributed by atoms with Crippen LogP contribution in [0.25, 0.3) is 10.9 Å². The van der Waals surface area contributed by atoms with E-state index in [1.54, 1.807) is 37.1 Å². The second-order valence-corrected chi connectivity index (χ2v) is 10.1. The molecule has 3 N–H and O–H groups in total. The van der Waals surface area contributed by atoms with E-state index >= 15 is 0 Å². The molecule has 5 nitrogen and oxygen atoms in total. The Bertz CT molecular complexity index is 1270. The molecule has 0 spiro atoms. The number of benzene rings is 2. The van der Waals surface area contributed by atoms with Gasteiger partial charge in [-0.05, 0) is 81.3 Å². The van der Waals surface area contributed by atoms with Gasteiger partial charge < -0.3 is 25.3 Å². The number of ether oxygens (including phenoxy) is 1. The van der Waals surface area contributed by atoms with Crippen LogP contribution in [0.15, 0.2) is 47.4 Å². The van der Waals surface area contributed by atoms with Crippen molar-refractivity contribution in [2.45, 2.75) is 55.4 Å². The highest BCUT2D eigenvalue weighted by molar-refractivity contribution is 7.98. The van der Waals surface area contributed by atoms with Crippen molar-refractivity contribution in [2.24, 2.45) is 0 Å². The number of thioether (sulfide) groups is 1. The van der Waals surface area contributed by atoms with Gasteiger partial charge in [-0.2, -0.15) is 13.2 Å². The fourth-order valence-electron chi connectivity index (χ4n) is 4.83. The predicted molar refractivity (Wildman–Crippen MR) is 147 cm³/mol. The van der Waals surface area contributed by atoms with Crippen LogP contribution in [0.3, 0.4) is 0 Å². The molecule has 0 aliphatic heterocycles. The van der Waals surface area contributed by atoms with Crippen LogP contribution < -0.4 is 20.7 Å². The van der Waals surface area contributed by atoms with Gasteiger partial charge in [0, 0.05) is 28.1 Å². The molecule has 1 aliphatic carbocycles. The van der Waals surface area contributed by atoms with E-state index in [2.05, 4.69) is 27.8 Å². The summed E-state index contributed by atoms with van der Waals surface area (Å²) in [6, 6.07) is 13.9. The first kappa shape index (κ1) is 27.1. The zero-order valence-electron chi connectivity index (χ0n) is 21.3. The van der Waals surface area contributed by atoms with Gasteiger partial charge in [-0.1, -0.05) is 12.0 Å². The summed E-state index contributed by atoms with van der Waals surface area (Å²) in [5.41, 5.74) is 2.50. The molecule has 0 atom stereocenters. The smallest absolute Gasteiger partial charge is 0.406 e. The number of methoxy groups -OCH3 is 1. The number of hydrogen-bond donors (Lipinski definition) is 3. The van der Waals surface area contributed by atoms with Crippen LogP contribution >= 0.6 is 11.8 Å². The number of hydrogen-bond acceptors (Lipinski definition) is 5. The van der Waals surface area contributed by atoms with Crippen LogP contribution in [0.1, 0.15) is 31.4 Å². The van der Waals surface area contributed by atoms with E-state index in [4.69, 9.17) is 4.74 Å². The Labute approximate surface area is 220 Å². The molecule has 0 saturated heterocycles. The van der Waals surface area contributed by atoms with Gasteiger partial charge in [0.25, 0.3) is 0 Å². The number of nitrogens with zero attached hydrogens (tertiary/aromatic N) is 1. The first-order chi connectivity index (χ1) is 17.8. The number of aromatic nitrogens is 1. The molecule has 2 aromatic carbocycles. The molecule has 198 valence electrons. The summed E-state index contributed by atoms with van der Waals surface area (Å²) in [4.78, 5) is 1.07. The van der Waals surface area contributed by atoms with Crippen molar-refractivity contribution in [1.29, 1.82) is 0 Å². The maximum absolute atomic E-state index is 13.5. The van der Waals surface area contributed by atoms with Gasteiger partial charge >= 0.3 is 6.18 Å². The van der Waals surface area contributed by atoms with E-state index in [-0.39, 0.29) is 6.54 Å². The standard InChI is InChI=1S/C28H33F3N4OS/c1-32-19-9-11-20(12-10-19)34-24-7-4-8-26-23(24)16-21(35(26)18-28(29,30)31)6-5-15-33-25-14-13-22(37-3)17-27(25)36-2/h4,7-8,13-14,16-17,19-20,32-34H,9-12,15,18H2,1-3H3. The molecule has 3 aromatic rings. The molecule has 0 bridgehead atoms. The van der Waals surface area contributed by atoms with Gasteiger partial charge in [0.1, 0.15) is 12.3 Å². The lowest BCUT2D eigenvalue weighted by atomic mass is 9.91. The normalized spacial score (nSPS) is 17.8. The molecule has 1 aromatic heterocycles. The summed E-state index contributed by atoms with van der Waals surface area (Å²) in [6.07, 6.45) is 1.82. The number of halogens is 3. The Hall–Kier alpha value is -2.96. The van der Waals surface area contributed by atoms with Gasteiger partial charge in [-0.25, -0.2) is 0 Å². The quantitative estimate of drug-likeness (QED) is 0.234. The Morgan fingerprint density at radius 3 is 2.49 bits per heavy atom. The Balaban J connectivity index is 1.57. The fraction of sp³-hybridized carbons (Fsp3) is 0.429. The third-order valence-corrected chi connectivity index (χ3v) is 7.50. The molecule has 1 fully saturated rings. The number of alkyl halides is 3. The van der Waals surface area contributed by atoms with Gasteiger partial charge in [0.2, 0.25) is 0 Å². The Morgan fingerprint density at radius 2 is 1.81 bits per heavy atom. The van der Waals surface area contributed by atoms with Crippen molar-refractivity contribution in [3.63, 3.8) is 0 Å². The minimum Gasteiger partial charge on any atom is -0.495 e. The zero-order valence-corrected chi connectivity index (χ0v) is 22.2. The second kappa shape index (κ2) is 12.1. The summed E-state index contributed by atoms with van der Waals surface area (Å²) in [5, 5.41) is 10.9. The van der Waals surface area contributed by atoms with Crippen molar-refractivity contribution in [3.05, 3.63) is 48.2 Å². The monoisotopic (exact) mass is 530 g/mol. The molecule has 4 rings (SSSR count). The summed E-state index contributed by atoms with van der Waals surface area (Å²) in [6.45, 7) is -0.822. The van der Waals surface area contributed by atoms with Gasteiger partial charge in [0.05, 0.1) is 30.6 Å². The topological polar surface area (TPSA) is 50.2 Å². The summed E-state index contributed by atoms with van der Waals surface area (Å²) in [7, 11) is 3.59. The minimum absolute atomic E-state index is 0.266. The van der Waals surface area contributed by atoms with Crippen molar-refractivity contribution in [3.8, 4) is 17.6 Å². The van der Waals surface area contributed by atoms with Crippen LogP contribution in [0.4, 0.5) is 24.5 Å². The van der Waals surface area contributed by atoms with Crippen LogP contribution in [0.5, 0.6) is 5.75 Å².